The Balaban J connectivity index is 1.59. The Kier molecular flexibility index (Phi) is 4.63. The summed E-state index contributed by atoms with van der Waals surface area (Å²) in [7, 11) is 0. The van der Waals surface area contributed by atoms with Crippen LogP contribution in [-0.4, -0.2) is 45.5 Å². The number of aromatic nitrogens is 2. The zero-order chi connectivity index (χ0) is 16.3. The van der Waals surface area contributed by atoms with Gasteiger partial charge in [0, 0.05) is 30.4 Å². The third-order valence-corrected chi connectivity index (χ3v) is 4.27. The van der Waals surface area contributed by atoms with Crippen LogP contribution in [-0.2, 0) is 6.54 Å². The van der Waals surface area contributed by atoms with Crippen molar-refractivity contribution in [1.82, 2.24) is 15.1 Å². The molecular weight excluding hydrogens is 297 g/mol. The first kappa shape index (κ1) is 16.0. The summed E-state index contributed by atoms with van der Waals surface area (Å²) in [5.74, 6) is 0.108. The highest BCUT2D eigenvalue weighted by Crippen LogP contribution is 2.24. The molecule has 0 amide bonds. The molecule has 1 aromatic carbocycles. The van der Waals surface area contributed by atoms with Crippen molar-refractivity contribution in [2.24, 2.45) is 0 Å². The Labute approximate surface area is 135 Å². The van der Waals surface area contributed by atoms with Gasteiger partial charge in [-0.1, -0.05) is 6.07 Å². The molecule has 0 spiro atoms. The fourth-order valence-electron chi connectivity index (χ4n) is 3.01. The van der Waals surface area contributed by atoms with Gasteiger partial charge < -0.3 is 9.84 Å². The Bertz CT molecular complexity index is 661. The molecule has 124 valence electrons. The van der Waals surface area contributed by atoms with Crippen molar-refractivity contribution in [3.8, 4) is 5.75 Å². The lowest BCUT2D eigenvalue weighted by atomic mass is 9.93. The minimum absolute atomic E-state index is 0.164. The zero-order valence-corrected chi connectivity index (χ0v) is 13.3. The van der Waals surface area contributed by atoms with Crippen molar-refractivity contribution in [2.45, 2.75) is 31.9 Å². The van der Waals surface area contributed by atoms with E-state index < -0.39 is 5.60 Å². The number of likely N-dealkylation sites (tertiary alicyclic amines) is 1. The molecule has 1 atom stereocenters. The number of H-pyrrole nitrogens is 1. The molecule has 1 aromatic heterocycles. The van der Waals surface area contributed by atoms with Crippen molar-refractivity contribution in [1.29, 1.82) is 0 Å². The number of β-amino-alcohol motifs (C(OH)–C–C–N with tert-alkyl or cyclic N) is 1. The van der Waals surface area contributed by atoms with E-state index in [0.29, 0.717) is 18.7 Å². The molecule has 3 rings (SSSR count). The maximum Gasteiger partial charge on any atom is 0.126 e. The summed E-state index contributed by atoms with van der Waals surface area (Å²) in [4.78, 5) is 2.20. The minimum Gasteiger partial charge on any atom is -0.490 e. The molecule has 0 saturated carbocycles. The maximum atomic E-state index is 13.2. The summed E-state index contributed by atoms with van der Waals surface area (Å²) in [5.41, 5.74) is 1.28. The highest BCUT2D eigenvalue weighted by Gasteiger charge is 2.34. The predicted octanol–water partition coefficient (Wildman–Crippen LogP) is 2.26. The number of hydrogen-bond donors (Lipinski definition) is 2. The number of nitrogens with zero attached hydrogens (tertiary/aromatic N) is 2. The van der Waals surface area contributed by atoms with Crippen molar-refractivity contribution in [3.63, 3.8) is 0 Å². The van der Waals surface area contributed by atoms with Crippen LogP contribution in [0.15, 0.2) is 30.5 Å². The van der Waals surface area contributed by atoms with E-state index in [2.05, 4.69) is 15.1 Å². The lowest BCUT2D eigenvalue weighted by Crippen LogP contribution is -2.51. The molecule has 0 bridgehead atoms. The highest BCUT2D eigenvalue weighted by atomic mass is 19.1. The van der Waals surface area contributed by atoms with Crippen LogP contribution in [0.4, 0.5) is 4.39 Å². The lowest BCUT2D eigenvalue weighted by Gasteiger charge is -2.38. The summed E-state index contributed by atoms with van der Waals surface area (Å²) in [6.45, 7) is 4.38. The quantitative estimate of drug-likeness (QED) is 0.887. The van der Waals surface area contributed by atoms with Crippen LogP contribution >= 0.6 is 0 Å². The van der Waals surface area contributed by atoms with Gasteiger partial charge in [0.1, 0.15) is 23.8 Å². The summed E-state index contributed by atoms with van der Waals surface area (Å²) in [6, 6.07) is 6.00. The van der Waals surface area contributed by atoms with Gasteiger partial charge in [-0.2, -0.15) is 5.10 Å². The standard InChI is InChI=1S/C17H22FN3O2/c1-13-14(9-19-20-13)10-21-7-3-6-17(22,11-21)12-23-16-5-2-4-15(18)8-16/h2,4-5,8-9,22H,3,6-7,10-12H2,1H3,(H,19,20)/t17-/m0/s1. The Hall–Kier alpha value is -1.92. The van der Waals surface area contributed by atoms with Gasteiger partial charge in [0.15, 0.2) is 0 Å². The predicted molar refractivity (Wildman–Crippen MR) is 84.7 cm³/mol. The van der Waals surface area contributed by atoms with Gasteiger partial charge in [0.25, 0.3) is 0 Å². The van der Waals surface area contributed by atoms with Crippen LogP contribution in [0.3, 0.4) is 0 Å². The third-order valence-electron chi connectivity index (χ3n) is 4.27. The number of aromatic amines is 1. The van der Waals surface area contributed by atoms with Crippen LogP contribution in [0.1, 0.15) is 24.1 Å². The average Bonchev–Trinajstić information content (AvgIpc) is 2.91. The molecule has 1 fully saturated rings. The van der Waals surface area contributed by atoms with E-state index in [1.807, 2.05) is 13.1 Å². The molecule has 0 radical (unpaired) electrons. The minimum atomic E-state index is -0.914. The van der Waals surface area contributed by atoms with Crippen LogP contribution in [0, 0.1) is 12.7 Å². The first-order valence-electron chi connectivity index (χ1n) is 7.86. The van der Waals surface area contributed by atoms with E-state index in [4.69, 9.17) is 4.74 Å². The Morgan fingerprint density at radius 2 is 2.35 bits per heavy atom. The third kappa shape index (κ3) is 4.09. The van der Waals surface area contributed by atoms with E-state index >= 15 is 0 Å². The molecular formula is C17H22FN3O2. The molecule has 6 heteroatoms. The summed E-state index contributed by atoms with van der Waals surface area (Å²) < 4.78 is 18.8. The second-order valence-electron chi connectivity index (χ2n) is 6.30. The maximum absolute atomic E-state index is 13.2. The molecule has 23 heavy (non-hydrogen) atoms. The van der Waals surface area contributed by atoms with Crippen LogP contribution in [0.25, 0.3) is 0 Å². The molecule has 1 saturated heterocycles. The summed E-state index contributed by atoms with van der Waals surface area (Å²) >= 11 is 0. The number of halogens is 1. The smallest absolute Gasteiger partial charge is 0.126 e. The number of aliphatic hydroxyl groups is 1. The number of aryl methyl sites for hydroxylation is 1. The van der Waals surface area contributed by atoms with E-state index in [1.165, 1.54) is 12.1 Å². The molecule has 2 heterocycles. The molecule has 1 aliphatic rings. The summed E-state index contributed by atoms with van der Waals surface area (Å²) in [5, 5.41) is 17.8. The van der Waals surface area contributed by atoms with Gasteiger partial charge in [0.05, 0.1) is 6.20 Å². The topological polar surface area (TPSA) is 61.4 Å². The van der Waals surface area contributed by atoms with E-state index in [0.717, 1.165) is 30.8 Å². The Morgan fingerprint density at radius 3 is 3.09 bits per heavy atom. The zero-order valence-electron chi connectivity index (χ0n) is 13.3. The molecule has 2 N–H and O–H groups in total. The van der Waals surface area contributed by atoms with Gasteiger partial charge in [-0.25, -0.2) is 4.39 Å². The summed E-state index contributed by atoms with van der Waals surface area (Å²) in [6.07, 6.45) is 3.41. The number of piperidine rings is 1. The van der Waals surface area contributed by atoms with Crippen molar-refractivity contribution in [2.75, 3.05) is 19.7 Å². The average molecular weight is 319 g/mol. The highest BCUT2D eigenvalue weighted by molar-refractivity contribution is 5.22. The van der Waals surface area contributed by atoms with Crippen molar-refractivity contribution < 1.29 is 14.2 Å². The lowest BCUT2D eigenvalue weighted by molar-refractivity contribution is -0.0621. The fraction of sp³-hybridized carbons (Fsp3) is 0.471. The van der Waals surface area contributed by atoms with Gasteiger partial charge in [-0.3, -0.25) is 10.00 Å². The van der Waals surface area contributed by atoms with E-state index in [-0.39, 0.29) is 12.4 Å². The first-order valence-corrected chi connectivity index (χ1v) is 7.86. The SMILES string of the molecule is Cc1[nH]ncc1CN1CCC[C@@](O)(COc2cccc(F)c2)C1. The number of benzene rings is 1. The normalized spacial score (nSPS) is 22.2. The number of hydrogen-bond acceptors (Lipinski definition) is 4. The van der Waals surface area contributed by atoms with Crippen molar-refractivity contribution >= 4 is 0 Å². The number of nitrogens with one attached hydrogen (secondary N) is 1. The van der Waals surface area contributed by atoms with E-state index in [9.17, 15) is 9.50 Å². The molecule has 5 nitrogen and oxygen atoms in total. The second-order valence-corrected chi connectivity index (χ2v) is 6.30. The largest absolute Gasteiger partial charge is 0.490 e. The van der Waals surface area contributed by atoms with Crippen molar-refractivity contribution in [3.05, 3.63) is 47.5 Å². The monoisotopic (exact) mass is 319 g/mol. The second kappa shape index (κ2) is 6.68. The van der Waals surface area contributed by atoms with Crippen LogP contribution in [0.2, 0.25) is 0 Å². The number of ether oxygens (including phenoxy) is 1. The van der Waals surface area contributed by atoms with Gasteiger partial charge in [-0.15, -0.1) is 0 Å². The van der Waals surface area contributed by atoms with Gasteiger partial charge in [0.2, 0.25) is 0 Å². The Morgan fingerprint density at radius 1 is 1.48 bits per heavy atom. The first-order chi connectivity index (χ1) is 11.0. The molecule has 0 unspecified atom stereocenters. The molecule has 2 aromatic rings. The van der Waals surface area contributed by atoms with E-state index in [1.54, 1.807) is 12.1 Å². The van der Waals surface area contributed by atoms with Gasteiger partial charge >= 0.3 is 0 Å². The van der Waals surface area contributed by atoms with Crippen LogP contribution in [0.5, 0.6) is 5.75 Å². The molecule has 1 aliphatic heterocycles. The van der Waals surface area contributed by atoms with Crippen LogP contribution < -0.4 is 4.74 Å². The molecule has 0 aliphatic carbocycles. The van der Waals surface area contributed by atoms with Gasteiger partial charge in [-0.05, 0) is 38.4 Å². The number of rotatable bonds is 5. The fourth-order valence-corrected chi connectivity index (χ4v) is 3.01.